The molecule has 0 N–H and O–H groups in total. The fourth-order valence-electron chi connectivity index (χ4n) is 2.32. The van der Waals surface area contributed by atoms with Gasteiger partial charge in [0, 0.05) is 12.3 Å². The molecule has 0 spiro atoms. The minimum absolute atomic E-state index is 0.0690. The topological polar surface area (TPSA) is 34.1 Å². The lowest BCUT2D eigenvalue weighted by Gasteiger charge is -2.36. The maximum atomic E-state index is 12.1. The molecule has 0 unspecified atom stereocenters. The molecule has 0 saturated heterocycles. The number of carbonyl (C=O) groups is 2. The first-order chi connectivity index (χ1) is 7.62. The largest absolute Gasteiger partial charge is 0.299 e. The molecule has 1 rings (SSSR count). The van der Waals surface area contributed by atoms with Gasteiger partial charge in [-0.15, -0.1) is 6.58 Å². The van der Waals surface area contributed by atoms with E-state index in [0.29, 0.717) is 18.4 Å². The van der Waals surface area contributed by atoms with Crippen LogP contribution < -0.4 is 0 Å². The van der Waals surface area contributed by atoms with E-state index in [2.05, 4.69) is 6.58 Å². The second kappa shape index (κ2) is 5.06. The van der Waals surface area contributed by atoms with E-state index >= 15 is 0 Å². The second-order valence-corrected chi connectivity index (χ2v) is 4.18. The number of carbonyl (C=O) groups excluding carboxylic acids is 2. The van der Waals surface area contributed by atoms with Gasteiger partial charge in [0.15, 0.2) is 0 Å². The number of hydrogen-bond donors (Lipinski definition) is 0. The predicted octanol–water partition coefficient (Wildman–Crippen LogP) is 2.86. The van der Waals surface area contributed by atoms with E-state index < -0.39 is 5.41 Å². The first kappa shape index (κ1) is 12.6. The summed E-state index contributed by atoms with van der Waals surface area (Å²) < 4.78 is 0. The summed E-state index contributed by atoms with van der Waals surface area (Å²) in [4.78, 5) is 23.0. The van der Waals surface area contributed by atoms with Crippen LogP contribution in [0.1, 0.15) is 26.7 Å². The van der Waals surface area contributed by atoms with Crippen LogP contribution in [0.5, 0.6) is 0 Å². The average Bonchev–Trinajstić information content (AvgIpc) is 2.31. The zero-order chi connectivity index (χ0) is 12.2. The van der Waals surface area contributed by atoms with Gasteiger partial charge in [0.1, 0.15) is 12.1 Å². The van der Waals surface area contributed by atoms with E-state index in [1.165, 1.54) is 0 Å². The molecular formula is C14H18O2. The molecule has 1 aliphatic rings. The fraction of sp³-hybridized carbons (Fsp3) is 0.429. The SMILES string of the molecule is C=CC[C@]1(C(=O)CC)C=CC=C(C=O)[C@H]1C. The Morgan fingerprint density at radius 1 is 1.62 bits per heavy atom. The second-order valence-electron chi connectivity index (χ2n) is 4.18. The molecule has 0 radical (unpaired) electrons. The highest BCUT2D eigenvalue weighted by Crippen LogP contribution is 2.41. The normalized spacial score (nSPS) is 28.4. The lowest BCUT2D eigenvalue weighted by Crippen LogP contribution is -2.37. The van der Waals surface area contributed by atoms with Crippen molar-refractivity contribution in [1.29, 1.82) is 0 Å². The summed E-state index contributed by atoms with van der Waals surface area (Å²) in [6.45, 7) is 7.49. The van der Waals surface area contributed by atoms with E-state index in [-0.39, 0.29) is 11.7 Å². The van der Waals surface area contributed by atoms with E-state index in [0.717, 1.165) is 6.29 Å². The molecule has 2 atom stereocenters. The molecule has 0 fully saturated rings. The van der Waals surface area contributed by atoms with Crippen molar-refractivity contribution in [2.75, 3.05) is 0 Å². The summed E-state index contributed by atoms with van der Waals surface area (Å²) in [6.07, 6.45) is 9.16. The van der Waals surface area contributed by atoms with Crippen LogP contribution in [-0.4, -0.2) is 12.1 Å². The fourth-order valence-corrected chi connectivity index (χ4v) is 2.32. The third-order valence-corrected chi connectivity index (χ3v) is 3.41. The van der Waals surface area contributed by atoms with Crippen LogP contribution in [0.4, 0.5) is 0 Å². The number of rotatable bonds is 5. The van der Waals surface area contributed by atoms with Gasteiger partial charge >= 0.3 is 0 Å². The summed E-state index contributed by atoms with van der Waals surface area (Å²) in [7, 11) is 0. The number of hydrogen-bond acceptors (Lipinski definition) is 2. The number of Topliss-reactive ketones (excluding diaryl/α,β-unsaturated/α-hetero) is 1. The standard InChI is InChI=1S/C14H18O2/c1-4-8-14(13(16)5-2)9-6-7-12(10-15)11(14)3/h4,6-7,9-11H,1,5,8H2,2-3H3/t11-,14+/m1/s1. The molecule has 0 bridgehead atoms. The zero-order valence-corrected chi connectivity index (χ0v) is 9.90. The van der Waals surface area contributed by atoms with Gasteiger partial charge in [0.2, 0.25) is 0 Å². The molecule has 1 aliphatic carbocycles. The van der Waals surface area contributed by atoms with Crippen molar-refractivity contribution >= 4 is 12.1 Å². The first-order valence-corrected chi connectivity index (χ1v) is 5.61. The Kier molecular flexibility index (Phi) is 3.99. The van der Waals surface area contributed by atoms with Gasteiger partial charge in [-0.05, 0) is 12.0 Å². The maximum Gasteiger partial charge on any atom is 0.146 e. The molecule has 0 aromatic rings. The third-order valence-electron chi connectivity index (χ3n) is 3.41. The summed E-state index contributed by atoms with van der Waals surface area (Å²) in [5.41, 5.74) is 0.118. The Hall–Kier alpha value is -1.44. The highest BCUT2D eigenvalue weighted by atomic mass is 16.1. The van der Waals surface area contributed by atoms with Gasteiger partial charge in [0.25, 0.3) is 0 Å². The smallest absolute Gasteiger partial charge is 0.146 e. The van der Waals surface area contributed by atoms with Crippen LogP contribution in [-0.2, 0) is 9.59 Å². The average molecular weight is 218 g/mol. The Bertz CT molecular complexity index is 363. The summed E-state index contributed by atoms with van der Waals surface area (Å²) in [5, 5.41) is 0. The van der Waals surface area contributed by atoms with E-state index in [4.69, 9.17) is 0 Å². The molecule has 2 nitrogen and oxygen atoms in total. The van der Waals surface area contributed by atoms with Crippen LogP contribution in [0, 0.1) is 11.3 Å². The van der Waals surface area contributed by atoms with Crippen molar-refractivity contribution in [3.8, 4) is 0 Å². The van der Waals surface area contributed by atoms with Gasteiger partial charge < -0.3 is 0 Å². The van der Waals surface area contributed by atoms with Crippen molar-refractivity contribution in [2.24, 2.45) is 11.3 Å². The maximum absolute atomic E-state index is 12.1. The molecule has 0 aliphatic heterocycles. The van der Waals surface area contributed by atoms with Gasteiger partial charge in [-0.25, -0.2) is 0 Å². The van der Waals surface area contributed by atoms with Gasteiger partial charge in [-0.2, -0.15) is 0 Å². The molecule has 0 aromatic carbocycles. The van der Waals surface area contributed by atoms with Gasteiger partial charge in [-0.3, -0.25) is 9.59 Å². The molecular weight excluding hydrogens is 200 g/mol. The van der Waals surface area contributed by atoms with Gasteiger partial charge in [0.05, 0.1) is 5.41 Å². The number of aldehydes is 1. The Balaban J connectivity index is 3.17. The van der Waals surface area contributed by atoms with Crippen LogP contribution >= 0.6 is 0 Å². The van der Waals surface area contributed by atoms with E-state index in [9.17, 15) is 9.59 Å². The highest BCUT2D eigenvalue weighted by Gasteiger charge is 2.41. The molecule has 0 amide bonds. The molecule has 86 valence electrons. The Labute approximate surface area is 96.7 Å². The van der Waals surface area contributed by atoms with Crippen molar-refractivity contribution < 1.29 is 9.59 Å². The molecule has 0 aromatic heterocycles. The van der Waals surface area contributed by atoms with Crippen LogP contribution in [0.3, 0.4) is 0 Å². The lowest BCUT2D eigenvalue weighted by molar-refractivity contribution is -0.127. The minimum atomic E-state index is -0.568. The van der Waals surface area contributed by atoms with Crippen LogP contribution in [0.25, 0.3) is 0 Å². The Morgan fingerprint density at radius 3 is 2.81 bits per heavy atom. The van der Waals surface area contributed by atoms with E-state index in [1.807, 2.05) is 19.9 Å². The molecule has 0 saturated carbocycles. The van der Waals surface area contributed by atoms with Gasteiger partial charge in [-0.1, -0.05) is 38.2 Å². The monoisotopic (exact) mass is 218 g/mol. The first-order valence-electron chi connectivity index (χ1n) is 5.61. The predicted molar refractivity (Wildman–Crippen MR) is 65.0 cm³/mol. The van der Waals surface area contributed by atoms with Crippen LogP contribution in [0.2, 0.25) is 0 Å². The third kappa shape index (κ3) is 1.92. The number of allylic oxidation sites excluding steroid dienone is 5. The Morgan fingerprint density at radius 2 is 2.31 bits per heavy atom. The summed E-state index contributed by atoms with van der Waals surface area (Å²) >= 11 is 0. The molecule has 16 heavy (non-hydrogen) atoms. The molecule has 2 heteroatoms. The van der Waals surface area contributed by atoms with Crippen molar-refractivity contribution in [3.05, 3.63) is 36.5 Å². The summed E-state index contributed by atoms with van der Waals surface area (Å²) in [6, 6.07) is 0. The quantitative estimate of drug-likeness (QED) is 0.525. The summed E-state index contributed by atoms with van der Waals surface area (Å²) in [5.74, 6) is 0.101. The molecule has 0 heterocycles. The van der Waals surface area contributed by atoms with Crippen molar-refractivity contribution in [2.45, 2.75) is 26.7 Å². The minimum Gasteiger partial charge on any atom is -0.299 e. The lowest BCUT2D eigenvalue weighted by atomic mass is 9.65. The van der Waals surface area contributed by atoms with E-state index in [1.54, 1.807) is 18.2 Å². The highest BCUT2D eigenvalue weighted by molar-refractivity contribution is 5.90. The van der Waals surface area contributed by atoms with Crippen molar-refractivity contribution in [1.82, 2.24) is 0 Å². The zero-order valence-electron chi connectivity index (χ0n) is 9.90. The van der Waals surface area contributed by atoms with Crippen LogP contribution in [0.15, 0.2) is 36.5 Å². The van der Waals surface area contributed by atoms with Crippen molar-refractivity contribution in [3.63, 3.8) is 0 Å². The number of ketones is 1.